The normalized spacial score (nSPS) is 11.1. The van der Waals surface area contributed by atoms with Crippen LogP contribution in [0.3, 0.4) is 0 Å². The molecule has 3 aromatic heterocycles. The summed E-state index contributed by atoms with van der Waals surface area (Å²) in [5.41, 5.74) is 5.28. The summed E-state index contributed by atoms with van der Waals surface area (Å²) in [5.74, 6) is 0.831. The summed E-state index contributed by atoms with van der Waals surface area (Å²) in [6.45, 7) is 0. The molecule has 0 aliphatic carbocycles. The van der Waals surface area contributed by atoms with E-state index in [9.17, 15) is 0 Å². The highest BCUT2D eigenvalue weighted by molar-refractivity contribution is 6.07. The molecule has 0 radical (unpaired) electrons. The zero-order chi connectivity index (χ0) is 16.8. The number of imidazole rings is 1. The lowest BCUT2D eigenvalue weighted by Crippen LogP contribution is -2.11. The number of nitriles is 1. The van der Waals surface area contributed by atoms with E-state index in [1.807, 2.05) is 55.1 Å². The maximum absolute atomic E-state index is 9.11. The third-order valence-corrected chi connectivity index (χ3v) is 4.14. The highest BCUT2D eigenvalue weighted by Crippen LogP contribution is 2.32. The number of anilines is 1. The molecule has 3 heterocycles. The summed E-state index contributed by atoms with van der Waals surface area (Å²) < 4.78 is 2.01. The van der Waals surface area contributed by atoms with E-state index in [4.69, 9.17) is 10.2 Å². The van der Waals surface area contributed by atoms with Gasteiger partial charge in [0.2, 0.25) is 0 Å². The second kappa shape index (κ2) is 5.10. The topological polar surface area (TPSA) is 73.5 Å². The van der Waals surface area contributed by atoms with E-state index < -0.39 is 0 Å². The van der Waals surface area contributed by atoms with Crippen LogP contribution in [0.2, 0.25) is 0 Å². The average Bonchev–Trinajstić information content (AvgIpc) is 3.17. The first-order valence-electron chi connectivity index (χ1n) is 7.60. The van der Waals surface area contributed by atoms with Gasteiger partial charge in [0, 0.05) is 32.2 Å². The van der Waals surface area contributed by atoms with Gasteiger partial charge in [-0.15, -0.1) is 0 Å². The Morgan fingerprint density at radius 1 is 1.25 bits per heavy atom. The molecule has 24 heavy (non-hydrogen) atoms. The first-order chi connectivity index (χ1) is 11.6. The number of nitrogens with one attached hydrogen (secondary N) is 1. The van der Waals surface area contributed by atoms with E-state index in [0.29, 0.717) is 5.56 Å². The standard InChI is InChI=1S/C18H16N6/c1-23(2)18-15-16(24(3)10-20-15)13-8-14(21-17(13)22-18)12-6-4-5-11(7-12)9-19/h4-8,10H,1-3H3,(H,21,22). The van der Waals surface area contributed by atoms with E-state index in [-0.39, 0.29) is 0 Å². The summed E-state index contributed by atoms with van der Waals surface area (Å²) in [6.07, 6.45) is 1.81. The lowest BCUT2D eigenvalue weighted by Gasteiger charge is -2.12. The number of benzene rings is 1. The Bertz CT molecular complexity index is 1110. The predicted molar refractivity (Wildman–Crippen MR) is 94.8 cm³/mol. The smallest absolute Gasteiger partial charge is 0.158 e. The van der Waals surface area contributed by atoms with Crippen molar-refractivity contribution >= 4 is 27.9 Å². The van der Waals surface area contributed by atoms with Crippen LogP contribution in [-0.4, -0.2) is 33.6 Å². The fourth-order valence-electron chi connectivity index (χ4n) is 3.01. The molecule has 0 aliphatic rings. The molecule has 0 spiro atoms. The monoisotopic (exact) mass is 316 g/mol. The number of aryl methyl sites for hydroxylation is 1. The molecule has 0 atom stereocenters. The van der Waals surface area contributed by atoms with Gasteiger partial charge in [0.15, 0.2) is 5.82 Å². The number of pyridine rings is 1. The molecule has 1 N–H and O–H groups in total. The number of aromatic nitrogens is 4. The first kappa shape index (κ1) is 14.3. The van der Waals surface area contributed by atoms with Crippen LogP contribution < -0.4 is 4.90 Å². The van der Waals surface area contributed by atoms with Crippen molar-refractivity contribution in [1.29, 1.82) is 5.26 Å². The van der Waals surface area contributed by atoms with Gasteiger partial charge < -0.3 is 14.5 Å². The van der Waals surface area contributed by atoms with E-state index >= 15 is 0 Å². The number of fused-ring (bicyclic) bond motifs is 3. The molecule has 0 unspecified atom stereocenters. The van der Waals surface area contributed by atoms with Crippen LogP contribution in [0, 0.1) is 11.3 Å². The van der Waals surface area contributed by atoms with Gasteiger partial charge in [0.25, 0.3) is 0 Å². The third kappa shape index (κ3) is 2.02. The van der Waals surface area contributed by atoms with Gasteiger partial charge in [-0.3, -0.25) is 0 Å². The highest BCUT2D eigenvalue weighted by Gasteiger charge is 2.16. The van der Waals surface area contributed by atoms with Gasteiger partial charge in [-0.2, -0.15) is 5.26 Å². The quantitative estimate of drug-likeness (QED) is 0.617. The van der Waals surface area contributed by atoms with E-state index in [1.165, 1.54) is 0 Å². The van der Waals surface area contributed by atoms with Crippen molar-refractivity contribution in [3.8, 4) is 17.3 Å². The van der Waals surface area contributed by atoms with Gasteiger partial charge in [-0.1, -0.05) is 12.1 Å². The van der Waals surface area contributed by atoms with Crippen molar-refractivity contribution in [2.75, 3.05) is 19.0 Å². The Labute approximate surface area is 139 Å². The van der Waals surface area contributed by atoms with Gasteiger partial charge >= 0.3 is 0 Å². The number of hydrogen-bond donors (Lipinski definition) is 1. The summed E-state index contributed by atoms with van der Waals surface area (Å²) in [7, 11) is 5.91. The molecule has 0 aliphatic heterocycles. The molecular weight excluding hydrogens is 300 g/mol. The summed E-state index contributed by atoms with van der Waals surface area (Å²) in [6, 6.07) is 11.8. The number of rotatable bonds is 2. The lowest BCUT2D eigenvalue weighted by molar-refractivity contribution is 0.951. The molecule has 0 fully saturated rings. The lowest BCUT2D eigenvalue weighted by atomic mass is 10.1. The van der Waals surface area contributed by atoms with Crippen molar-refractivity contribution in [2.45, 2.75) is 0 Å². The second-order valence-electron chi connectivity index (χ2n) is 6.02. The van der Waals surface area contributed by atoms with Crippen LogP contribution in [-0.2, 0) is 7.05 Å². The number of nitrogens with zero attached hydrogens (tertiary/aromatic N) is 5. The molecule has 0 bridgehead atoms. The summed E-state index contributed by atoms with van der Waals surface area (Å²) in [4.78, 5) is 14.6. The Balaban J connectivity index is 2.03. The van der Waals surface area contributed by atoms with Crippen LogP contribution in [0.1, 0.15) is 5.56 Å². The van der Waals surface area contributed by atoms with E-state index in [2.05, 4.69) is 22.1 Å². The van der Waals surface area contributed by atoms with Crippen LogP contribution >= 0.6 is 0 Å². The number of hydrogen-bond acceptors (Lipinski definition) is 4. The zero-order valence-electron chi connectivity index (χ0n) is 13.7. The van der Waals surface area contributed by atoms with Crippen molar-refractivity contribution < 1.29 is 0 Å². The van der Waals surface area contributed by atoms with Crippen molar-refractivity contribution in [3.63, 3.8) is 0 Å². The fraction of sp³-hybridized carbons (Fsp3) is 0.167. The van der Waals surface area contributed by atoms with Crippen molar-refractivity contribution in [3.05, 3.63) is 42.2 Å². The first-order valence-corrected chi connectivity index (χ1v) is 7.60. The van der Waals surface area contributed by atoms with Crippen molar-refractivity contribution in [1.82, 2.24) is 19.5 Å². The molecule has 1 aromatic carbocycles. The van der Waals surface area contributed by atoms with Gasteiger partial charge in [-0.05, 0) is 23.8 Å². The molecule has 0 saturated heterocycles. The van der Waals surface area contributed by atoms with Gasteiger partial charge in [-0.25, -0.2) is 9.97 Å². The summed E-state index contributed by atoms with van der Waals surface area (Å²) in [5, 5.41) is 10.1. The van der Waals surface area contributed by atoms with E-state index in [0.717, 1.165) is 39.1 Å². The molecular formula is C18H16N6. The highest BCUT2D eigenvalue weighted by atomic mass is 15.2. The maximum Gasteiger partial charge on any atom is 0.158 e. The molecule has 6 heteroatoms. The molecule has 4 aromatic rings. The Morgan fingerprint density at radius 2 is 2.08 bits per heavy atom. The van der Waals surface area contributed by atoms with Crippen LogP contribution in [0.4, 0.5) is 5.82 Å². The molecule has 6 nitrogen and oxygen atoms in total. The minimum Gasteiger partial charge on any atom is -0.361 e. The van der Waals surface area contributed by atoms with Crippen LogP contribution in [0.15, 0.2) is 36.7 Å². The average molecular weight is 316 g/mol. The van der Waals surface area contributed by atoms with Gasteiger partial charge in [0.05, 0.1) is 23.5 Å². The Morgan fingerprint density at radius 3 is 2.83 bits per heavy atom. The van der Waals surface area contributed by atoms with Gasteiger partial charge in [0.1, 0.15) is 11.2 Å². The predicted octanol–water partition coefficient (Wildman–Crippen LogP) is 3.05. The second-order valence-corrected chi connectivity index (χ2v) is 6.02. The zero-order valence-corrected chi connectivity index (χ0v) is 13.7. The third-order valence-electron chi connectivity index (χ3n) is 4.14. The maximum atomic E-state index is 9.11. The fourth-order valence-corrected chi connectivity index (χ4v) is 3.01. The minimum absolute atomic E-state index is 0.638. The Hall–Kier alpha value is -3.33. The number of aromatic amines is 1. The molecule has 0 saturated carbocycles. The van der Waals surface area contributed by atoms with Crippen LogP contribution in [0.5, 0.6) is 0 Å². The van der Waals surface area contributed by atoms with E-state index in [1.54, 1.807) is 6.07 Å². The number of H-pyrrole nitrogens is 1. The van der Waals surface area contributed by atoms with Crippen LogP contribution in [0.25, 0.3) is 33.3 Å². The largest absolute Gasteiger partial charge is 0.361 e. The molecule has 118 valence electrons. The summed E-state index contributed by atoms with van der Waals surface area (Å²) >= 11 is 0. The minimum atomic E-state index is 0.638. The van der Waals surface area contributed by atoms with Crippen molar-refractivity contribution in [2.24, 2.45) is 7.05 Å². The molecule has 4 rings (SSSR count). The molecule has 0 amide bonds. The SMILES string of the molecule is CN(C)c1nc2[nH]c(-c3cccc(C#N)c3)cc2c2c1ncn2C. The Kier molecular flexibility index (Phi) is 3.03.